The molecule has 0 bridgehead atoms. The fourth-order valence-electron chi connectivity index (χ4n) is 3.00. The van der Waals surface area contributed by atoms with E-state index in [9.17, 15) is 4.79 Å². The van der Waals surface area contributed by atoms with E-state index in [1.807, 2.05) is 13.8 Å². The fourth-order valence-corrected chi connectivity index (χ4v) is 4.23. The maximum Gasteiger partial charge on any atom is 0.193 e. The van der Waals surface area contributed by atoms with Crippen molar-refractivity contribution in [2.45, 2.75) is 122 Å². The van der Waals surface area contributed by atoms with Crippen LogP contribution in [0.3, 0.4) is 0 Å². The first-order valence-electron chi connectivity index (χ1n) is 9.92. The van der Waals surface area contributed by atoms with Gasteiger partial charge in [0.25, 0.3) is 0 Å². The van der Waals surface area contributed by atoms with Crippen molar-refractivity contribution in [1.29, 1.82) is 0 Å². The van der Waals surface area contributed by atoms with E-state index in [0.717, 1.165) is 19.1 Å². The Hall–Kier alpha value is -0.233. The molecule has 0 spiro atoms. The first-order chi connectivity index (χ1) is 11.4. The predicted molar refractivity (Wildman–Crippen MR) is 105 cm³/mol. The Labute approximate surface area is 156 Å². The van der Waals surface area contributed by atoms with Gasteiger partial charge in [0.1, 0.15) is 18.5 Å². The third-order valence-electron chi connectivity index (χ3n) is 5.51. The van der Waals surface area contributed by atoms with E-state index < -0.39 is 20.2 Å². The van der Waals surface area contributed by atoms with E-state index in [1.165, 1.54) is 25.7 Å². The van der Waals surface area contributed by atoms with Crippen molar-refractivity contribution in [3.8, 4) is 0 Å². The summed E-state index contributed by atoms with van der Waals surface area (Å²) in [6, 6.07) is 0. The molecule has 25 heavy (non-hydrogen) atoms. The molecule has 1 aliphatic rings. The molecule has 1 rings (SSSR count). The highest BCUT2D eigenvalue weighted by Gasteiger charge is 2.48. The van der Waals surface area contributed by atoms with Crippen LogP contribution in [-0.2, 0) is 18.7 Å². The maximum atomic E-state index is 11.8. The summed E-state index contributed by atoms with van der Waals surface area (Å²) in [5, 5.41) is 0.0545. The van der Waals surface area contributed by atoms with Gasteiger partial charge in [0.2, 0.25) is 0 Å². The van der Waals surface area contributed by atoms with Gasteiger partial charge in [0.15, 0.2) is 14.1 Å². The van der Waals surface area contributed by atoms with Gasteiger partial charge in [0, 0.05) is 0 Å². The standard InChI is InChI=1S/C20H40O4Si/c1-9-10-11-12-13-14-16-18(23-20(5,6)22-16)17(15-21)24-25(7,8)19(2,3)4/h15-18H,9-14H2,1-8H3/t16-,17+,18-/m0/s1. The molecule has 148 valence electrons. The van der Waals surface area contributed by atoms with Crippen molar-refractivity contribution in [2.75, 3.05) is 0 Å². The van der Waals surface area contributed by atoms with Crippen LogP contribution in [0.2, 0.25) is 18.1 Å². The van der Waals surface area contributed by atoms with E-state index in [-0.39, 0.29) is 17.2 Å². The first-order valence-corrected chi connectivity index (χ1v) is 12.8. The van der Waals surface area contributed by atoms with Crippen molar-refractivity contribution in [3.63, 3.8) is 0 Å². The largest absolute Gasteiger partial charge is 0.404 e. The summed E-state index contributed by atoms with van der Waals surface area (Å²) >= 11 is 0. The summed E-state index contributed by atoms with van der Waals surface area (Å²) in [5.74, 6) is -0.656. The smallest absolute Gasteiger partial charge is 0.193 e. The highest BCUT2D eigenvalue weighted by Crippen LogP contribution is 2.40. The van der Waals surface area contributed by atoms with Gasteiger partial charge >= 0.3 is 0 Å². The van der Waals surface area contributed by atoms with E-state index in [4.69, 9.17) is 13.9 Å². The quantitative estimate of drug-likeness (QED) is 0.290. The molecule has 1 fully saturated rings. The minimum absolute atomic E-state index is 0.0545. The molecule has 0 amide bonds. The van der Waals surface area contributed by atoms with Crippen LogP contribution in [0.4, 0.5) is 0 Å². The van der Waals surface area contributed by atoms with Crippen molar-refractivity contribution in [1.82, 2.24) is 0 Å². The maximum absolute atomic E-state index is 11.8. The lowest BCUT2D eigenvalue weighted by Crippen LogP contribution is -2.50. The fraction of sp³-hybridized carbons (Fsp3) is 0.950. The van der Waals surface area contributed by atoms with Crippen LogP contribution in [0.15, 0.2) is 0 Å². The zero-order valence-corrected chi connectivity index (χ0v) is 18.7. The van der Waals surface area contributed by atoms with Gasteiger partial charge in [0.05, 0.1) is 6.10 Å². The van der Waals surface area contributed by atoms with E-state index >= 15 is 0 Å². The van der Waals surface area contributed by atoms with Gasteiger partial charge < -0.3 is 18.7 Å². The number of hydrogen-bond donors (Lipinski definition) is 0. The molecule has 0 N–H and O–H groups in total. The predicted octanol–water partition coefficient (Wildman–Crippen LogP) is 5.46. The average molecular weight is 373 g/mol. The topological polar surface area (TPSA) is 44.8 Å². The average Bonchev–Trinajstić information content (AvgIpc) is 2.78. The van der Waals surface area contributed by atoms with Crippen LogP contribution in [0.5, 0.6) is 0 Å². The normalized spacial score (nSPS) is 25.1. The van der Waals surface area contributed by atoms with Crippen molar-refractivity contribution in [2.24, 2.45) is 0 Å². The number of rotatable bonds is 10. The van der Waals surface area contributed by atoms with Gasteiger partial charge in [-0.2, -0.15) is 0 Å². The molecule has 1 saturated heterocycles. The van der Waals surface area contributed by atoms with Crippen molar-refractivity contribution < 1.29 is 18.7 Å². The molecule has 3 atom stereocenters. The summed E-state index contributed by atoms with van der Waals surface area (Å²) < 4.78 is 18.6. The Morgan fingerprint density at radius 3 is 2.24 bits per heavy atom. The molecule has 0 saturated carbocycles. The van der Waals surface area contributed by atoms with Gasteiger partial charge in [-0.05, 0) is 38.4 Å². The van der Waals surface area contributed by atoms with Crippen LogP contribution in [0.1, 0.15) is 80.1 Å². The highest BCUT2D eigenvalue weighted by molar-refractivity contribution is 6.74. The van der Waals surface area contributed by atoms with Crippen LogP contribution >= 0.6 is 0 Å². The zero-order chi connectivity index (χ0) is 19.3. The van der Waals surface area contributed by atoms with Crippen LogP contribution < -0.4 is 0 Å². The summed E-state index contributed by atoms with van der Waals surface area (Å²) in [5.41, 5.74) is 0. The third kappa shape index (κ3) is 6.78. The summed E-state index contributed by atoms with van der Waals surface area (Å²) in [6.45, 7) is 17.0. The lowest BCUT2D eigenvalue weighted by atomic mass is 10.0. The van der Waals surface area contributed by atoms with Crippen molar-refractivity contribution in [3.05, 3.63) is 0 Å². The second kappa shape index (κ2) is 9.11. The number of unbranched alkanes of at least 4 members (excludes halogenated alkanes) is 4. The van der Waals surface area contributed by atoms with E-state index in [0.29, 0.717) is 0 Å². The molecular formula is C20H40O4Si. The second-order valence-corrected chi connectivity index (χ2v) is 14.1. The van der Waals surface area contributed by atoms with E-state index in [2.05, 4.69) is 40.8 Å². The summed E-state index contributed by atoms with van der Waals surface area (Å²) in [6.07, 6.45) is 6.99. The van der Waals surface area contributed by atoms with Gasteiger partial charge in [-0.15, -0.1) is 0 Å². The van der Waals surface area contributed by atoms with Crippen LogP contribution in [0.25, 0.3) is 0 Å². The molecule has 0 unspecified atom stereocenters. The van der Waals surface area contributed by atoms with Gasteiger partial charge in [-0.25, -0.2) is 0 Å². The lowest BCUT2D eigenvalue weighted by molar-refractivity contribution is -0.155. The summed E-state index contributed by atoms with van der Waals surface area (Å²) in [7, 11) is -2.05. The van der Waals surface area contributed by atoms with Crippen LogP contribution in [-0.4, -0.2) is 38.7 Å². The highest BCUT2D eigenvalue weighted by atomic mass is 28.4. The van der Waals surface area contributed by atoms with Gasteiger partial charge in [-0.3, -0.25) is 0 Å². The monoisotopic (exact) mass is 372 g/mol. The molecule has 0 aromatic rings. The Morgan fingerprint density at radius 2 is 1.72 bits per heavy atom. The lowest BCUT2D eigenvalue weighted by Gasteiger charge is -2.39. The first kappa shape index (κ1) is 22.8. The molecule has 0 aliphatic carbocycles. The van der Waals surface area contributed by atoms with Crippen molar-refractivity contribution >= 4 is 14.6 Å². The molecule has 0 aromatic heterocycles. The molecule has 0 radical (unpaired) electrons. The minimum Gasteiger partial charge on any atom is -0.404 e. The third-order valence-corrected chi connectivity index (χ3v) is 9.98. The Balaban J connectivity index is 2.76. The Bertz CT molecular complexity index is 414. The van der Waals surface area contributed by atoms with Crippen LogP contribution in [0, 0.1) is 0 Å². The summed E-state index contributed by atoms with van der Waals surface area (Å²) in [4.78, 5) is 11.8. The Morgan fingerprint density at radius 1 is 1.12 bits per heavy atom. The molecule has 1 heterocycles. The number of hydrogen-bond acceptors (Lipinski definition) is 4. The molecular weight excluding hydrogens is 332 g/mol. The molecule has 4 nitrogen and oxygen atoms in total. The Kier molecular flexibility index (Phi) is 8.31. The number of ether oxygens (including phenoxy) is 2. The zero-order valence-electron chi connectivity index (χ0n) is 17.7. The van der Waals surface area contributed by atoms with Gasteiger partial charge in [-0.1, -0.05) is 59.8 Å². The SMILES string of the molecule is CCCCCCC[C@@H]1OC(C)(C)O[C@@H]1[C@@H](C=O)O[Si](C)(C)C(C)(C)C. The second-order valence-electron chi connectivity index (χ2n) is 9.32. The molecule has 1 aliphatic heterocycles. The van der Waals surface area contributed by atoms with E-state index in [1.54, 1.807) is 0 Å². The molecule has 0 aromatic carbocycles. The number of carbonyl (C=O) groups is 1. The molecule has 5 heteroatoms. The number of carbonyl (C=O) groups excluding carboxylic acids is 1. The number of aldehydes is 1. The minimum atomic E-state index is -2.05.